The molecule has 0 spiro atoms. The van der Waals surface area contributed by atoms with Crippen molar-refractivity contribution >= 4 is 17.5 Å². The Hall–Kier alpha value is -0.980. The molecule has 2 rings (SSSR count). The second-order valence-corrected chi connectivity index (χ2v) is 4.95. The smallest absolute Gasteiger partial charge is 0.243 e. The molecule has 1 aliphatic rings. The predicted molar refractivity (Wildman–Crippen MR) is 69.7 cm³/mol. The Kier molecular flexibility index (Phi) is 4.31. The molecule has 18 heavy (non-hydrogen) atoms. The fraction of sp³-hybridized carbons (Fsp3) is 0.727. The van der Waals surface area contributed by atoms with Crippen LogP contribution < -0.4 is 5.32 Å². The molecule has 0 aromatic carbocycles. The monoisotopic (exact) mass is 271 g/mol. The van der Waals surface area contributed by atoms with Crippen molar-refractivity contribution in [2.45, 2.75) is 32.4 Å². The highest BCUT2D eigenvalue weighted by Gasteiger charge is 2.25. The molecule has 0 radical (unpaired) electrons. The number of likely N-dealkylation sites (tertiary alicyclic amines) is 1. The van der Waals surface area contributed by atoms with Crippen LogP contribution in [-0.4, -0.2) is 57.0 Å². The normalized spacial score (nSPS) is 25.1. The van der Waals surface area contributed by atoms with Crippen LogP contribution in [0.5, 0.6) is 0 Å². The van der Waals surface area contributed by atoms with Gasteiger partial charge in [-0.1, -0.05) is 18.5 Å². The van der Waals surface area contributed by atoms with E-state index in [2.05, 4.69) is 32.3 Å². The molecule has 2 atom stereocenters. The summed E-state index contributed by atoms with van der Waals surface area (Å²) >= 11 is 5.78. The van der Waals surface area contributed by atoms with Crippen molar-refractivity contribution < 1.29 is 5.11 Å². The number of piperidine rings is 1. The second-order valence-electron chi connectivity index (χ2n) is 4.59. The van der Waals surface area contributed by atoms with Crippen LogP contribution in [0.25, 0.3) is 0 Å². The number of rotatable bonds is 3. The highest BCUT2D eigenvalue weighted by atomic mass is 35.5. The summed E-state index contributed by atoms with van der Waals surface area (Å²) in [5, 5.41) is 21.0. The van der Waals surface area contributed by atoms with Gasteiger partial charge in [0.05, 0.1) is 11.8 Å². The molecule has 7 heteroatoms. The molecule has 0 amide bonds. The molecule has 2 N–H and O–H groups in total. The molecule has 1 aromatic heterocycles. The van der Waals surface area contributed by atoms with Crippen LogP contribution in [0.15, 0.2) is 0 Å². The van der Waals surface area contributed by atoms with E-state index in [-0.39, 0.29) is 12.1 Å². The van der Waals surface area contributed by atoms with Gasteiger partial charge in [0.1, 0.15) is 0 Å². The van der Waals surface area contributed by atoms with Gasteiger partial charge in [-0.25, -0.2) is 4.98 Å². The molecule has 2 heterocycles. The van der Waals surface area contributed by atoms with Gasteiger partial charge in [0, 0.05) is 19.1 Å². The van der Waals surface area contributed by atoms with Crippen LogP contribution in [0, 0.1) is 6.92 Å². The van der Waals surface area contributed by atoms with Gasteiger partial charge in [-0.05, 0) is 19.9 Å². The van der Waals surface area contributed by atoms with Gasteiger partial charge in [0.15, 0.2) is 5.15 Å². The number of nitrogens with one attached hydrogen (secondary N) is 1. The van der Waals surface area contributed by atoms with E-state index in [0.717, 1.165) is 19.6 Å². The molecular weight excluding hydrogens is 254 g/mol. The molecule has 0 aliphatic carbocycles. The highest BCUT2D eigenvalue weighted by Crippen LogP contribution is 2.15. The Bertz CT molecular complexity index is 416. The first kappa shape index (κ1) is 13.5. The number of likely N-dealkylation sites (N-methyl/N-ethyl adjacent to an activating group) is 1. The lowest BCUT2D eigenvalue weighted by Gasteiger charge is -2.35. The molecule has 1 aromatic rings. The largest absolute Gasteiger partial charge is 0.392 e. The van der Waals surface area contributed by atoms with Crippen LogP contribution >= 0.6 is 11.6 Å². The van der Waals surface area contributed by atoms with Gasteiger partial charge in [0.25, 0.3) is 0 Å². The summed E-state index contributed by atoms with van der Waals surface area (Å²) in [7, 11) is 0. The number of aliphatic hydroxyl groups is 1. The van der Waals surface area contributed by atoms with Gasteiger partial charge in [-0.15, -0.1) is 10.2 Å². The standard InChI is InChI=1S/C11H18ClN5O/c1-3-17-5-8(4-9(18)6-17)14-11-13-7(2)10(12)15-16-11/h8-9,18H,3-6H2,1-2H3,(H,13,14,16)/t8-,9+/m1/s1. The number of nitrogens with zero attached hydrogens (tertiary/aromatic N) is 4. The Labute approximate surface area is 111 Å². The molecule has 6 nitrogen and oxygen atoms in total. The number of halogens is 1. The summed E-state index contributed by atoms with van der Waals surface area (Å²) in [6.45, 7) is 6.40. The minimum absolute atomic E-state index is 0.135. The molecule has 1 fully saturated rings. The molecule has 100 valence electrons. The van der Waals surface area contributed by atoms with Crippen LogP contribution in [0.3, 0.4) is 0 Å². The minimum Gasteiger partial charge on any atom is -0.392 e. The Morgan fingerprint density at radius 3 is 2.89 bits per heavy atom. The summed E-state index contributed by atoms with van der Waals surface area (Å²) in [6, 6.07) is 0.135. The Morgan fingerprint density at radius 2 is 2.22 bits per heavy atom. The van der Waals surface area contributed by atoms with Crippen molar-refractivity contribution in [1.82, 2.24) is 20.1 Å². The number of hydrogen-bond acceptors (Lipinski definition) is 6. The Balaban J connectivity index is 2.01. The zero-order valence-corrected chi connectivity index (χ0v) is 11.4. The number of aromatic nitrogens is 3. The fourth-order valence-corrected chi connectivity index (χ4v) is 2.24. The summed E-state index contributed by atoms with van der Waals surface area (Å²) in [5.74, 6) is 0.465. The van der Waals surface area contributed by atoms with E-state index >= 15 is 0 Å². The van der Waals surface area contributed by atoms with E-state index in [1.807, 2.05) is 0 Å². The van der Waals surface area contributed by atoms with E-state index in [1.165, 1.54) is 0 Å². The van der Waals surface area contributed by atoms with Crippen molar-refractivity contribution in [3.8, 4) is 0 Å². The van der Waals surface area contributed by atoms with Gasteiger partial charge in [0.2, 0.25) is 5.95 Å². The lowest BCUT2D eigenvalue weighted by Crippen LogP contribution is -2.48. The fourth-order valence-electron chi connectivity index (χ4n) is 2.16. The third-order valence-electron chi connectivity index (χ3n) is 3.09. The topological polar surface area (TPSA) is 74.2 Å². The number of β-amino-alcohol motifs (C(OH)–C–C–N with tert-alkyl or cyclic N) is 1. The summed E-state index contributed by atoms with van der Waals surface area (Å²) in [5.41, 5.74) is 0.651. The van der Waals surface area contributed by atoms with Crippen LogP contribution in [-0.2, 0) is 0 Å². The van der Waals surface area contributed by atoms with Gasteiger partial charge < -0.3 is 10.4 Å². The summed E-state index contributed by atoms with van der Waals surface area (Å²) in [4.78, 5) is 6.42. The maximum Gasteiger partial charge on any atom is 0.243 e. The lowest BCUT2D eigenvalue weighted by atomic mass is 10.0. The van der Waals surface area contributed by atoms with E-state index in [9.17, 15) is 5.11 Å². The van der Waals surface area contributed by atoms with Crippen molar-refractivity contribution in [3.05, 3.63) is 10.8 Å². The summed E-state index contributed by atoms with van der Waals surface area (Å²) in [6.07, 6.45) is 0.388. The third-order valence-corrected chi connectivity index (χ3v) is 3.44. The van der Waals surface area contributed by atoms with Crippen molar-refractivity contribution in [1.29, 1.82) is 0 Å². The van der Waals surface area contributed by atoms with Gasteiger partial charge in [-0.2, -0.15) is 0 Å². The molecule has 1 saturated heterocycles. The van der Waals surface area contributed by atoms with Crippen LogP contribution in [0.4, 0.5) is 5.95 Å². The number of aryl methyl sites for hydroxylation is 1. The number of anilines is 1. The second kappa shape index (κ2) is 5.77. The maximum absolute atomic E-state index is 9.80. The zero-order chi connectivity index (χ0) is 13.1. The van der Waals surface area contributed by atoms with E-state index in [4.69, 9.17) is 11.6 Å². The zero-order valence-electron chi connectivity index (χ0n) is 10.6. The first-order valence-electron chi connectivity index (χ1n) is 6.12. The number of aliphatic hydroxyl groups excluding tert-OH is 1. The van der Waals surface area contributed by atoms with Gasteiger partial charge in [-0.3, -0.25) is 4.90 Å². The Morgan fingerprint density at radius 1 is 1.44 bits per heavy atom. The molecule has 0 saturated carbocycles. The molecule has 1 aliphatic heterocycles. The molecular formula is C11H18ClN5O. The van der Waals surface area contributed by atoms with Crippen molar-refractivity contribution in [3.63, 3.8) is 0 Å². The first-order valence-corrected chi connectivity index (χ1v) is 6.50. The molecule has 0 bridgehead atoms. The average Bonchev–Trinajstić information content (AvgIpc) is 2.33. The highest BCUT2D eigenvalue weighted by molar-refractivity contribution is 6.29. The van der Waals surface area contributed by atoms with Crippen LogP contribution in [0.1, 0.15) is 19.0 Å². The third kappa shape index (κ3) is 3.28. The maximum atomic E-state index is 9.80. The van der Waals surface area contributed by atoms with Gasteiger partial charge >= 0.3 is 0 Å². The quantitative estimate of drug-likeness (QED) is 0.843. The average molecular weight is 272 g/mol. The van der Waals surface area contributed by atoms with Crippen LogP contribution in [0.2, 0.25) is 5.15 Å². The SMILES string of the molecule is CCN1C[C@@H](O)C[C@@H](Nc2nnc(Cl)c(C)n2)C1. The van der Waals surface area contributed by atoms with E-state index in [1.54, 1.807) is 6.92 Å². The summed E-state index contributed by atoms with van der Waals surface area (Å²) < 4.78 is 0. The first-order chi connectivity index (χ1) is 8.58. The van der Waals surface area contributed by atoms with E-state index < -0.39 is 0 Å². The van der Waals surface area contributed by atoms with Crippen molar-refractivity contribution in [2.75, 3.05) is 25.0 Å². The lowest BCUT2D eigenvalue weighted by molar-refractivity contribution is 0.0670. The number of hydrogen-bond donors (Lipinski definition) is 2. The minimum atomic E-state index is -0.308. The predicted octanol–water partition coefficient (Wildman–Crippen LogP) is 0.700. The van der Waals surface area contributed by atoms with E-state index in [0.29, 0.717) is 23.2 Å². The van der Waals surface area contributed by atoms with Crippen molar-refractivity contribution in [2.24, 2.45) is 0 Å². The molecule has 0 unspecified atom stereocenters.